The van der Waals surface area contributed by atoms with Crippen molar-refractivity contribution in [3.8, 4) is 0 Å². The number of carbonyl (C=O) groups excluding carboxylic acids is 2. The van der Waals surface area contributed by atoms with Gasteiger partial charge in [-0.1, -0.05) is 69.9 Å². The van der Waals surface area contributed by atoms with Crippen LogP contribution >= 0.6 is 0 Å². The highest BCUT2D eigenvalue weighted by molar-refractivity contribution is 5.70. The van der Waals surface area contributed by atoms with E-state index in [2.05, 4.69) is 23.7 Å². The van der Waals surface area contributed by atoms with Crippen molar-refractivity contribution in [2.75, 3.05) is 19.6 Å². The van der Waals surface area contributed by atoms with Crippen LogP contribution in [-0.2, 0) is 14.3 Å². The molecule has 1 aliphatic carbocycles. The van der Waals surface area contributed by atoms with Crippen LogP contribution in [-0.4, -0.2) is 92.7 Å². The highest BCUT2D eigenvalue weighted by Crippen LogP contribution is 2.29. The van der Waals surface area contributed by atoms with Crippen molar-refractivity contribution in [1.29, 1.82) is 0 Å². The number of ether oxygens (including phenoxy) is 2. The number of carbonyl (C=O) groups is 2. The van der Waals surface area contributed by atoms with Crippen molar-refractivity contribution in [2.45, 2.75) is 134 Å². The van der Waals surface area contributed by atoms with Crippen LogP contribution in [0, 0.1) is 5.92 Å². The molecule has 0 radical (unpaired) electrons. The summed E-state index contributed by atoms with van der Waals surface area (Å²) in [5.74, 6) is -0.692. The maximum atomic E-state index is 13.5. The van der Waals surface area contributed by atoms with Gasteiger partial charge in [-0.05, 0) is 70.2 Å². The SMILES string of the molecule is C/C(=C\C=C\[C@@H](C)c1ccccn1)[C@H]1OC(=O)C[C@H](O)CC[C@@](C)(O)[C@@H](OC(=O)N2CCN(C3CCCCCC3)C(C)C2)/C=C/[C@@H]1C. The number of nitrogens with zero attached hydrogens (tertiary/aromatic N) is 3. The Bertz CT molecular complexity index is 1240. The van der Waals surface area contributed by atoms with Gasteiger partial charge in [0.15, 0.2) is 6.10 Å². The largest absolute Gasteiger partial charge is 0.457 e. The van der Waals surface area contributed by atoms with Crippen molar-refractivity contribution in [3.63, 3.8) is 0 Å². The van der Waals surface area contributed by atoms with E-state index < -0.39 is 36.0 Å². The van der Waals surface area contributed by atoms with Gasteiger partial charge in [-0.25, -0.2) is 4.79 Å². The molecule has 1 aromatic heterocycles. The van der Waals surface area contributed by atoms with E-state index in [4.69, 9.17) is 9.47 Å². The van der Waals surface area contributed by atoms with Crippen LogP contribution in [0.3, 0.4) is 0 Å². The first-order chi connectivity index (χ1) is 22.4. The van der Waals surface area contributed by atoms with Gasteiger partial charge in [0.1, 0.15) is 11.7 Å². The van der Waals surface area contributed by atoms with Gasteiger partial charge in [-0.15, -0.1) is 0 Å². The van der Waals surface area contributed by atoms with Crippen LogP contribution in [0.2, 0.25) is 0 Å². The Labute approximate surface area is 281 Å². The molecule has 1 aromatic rings. The number of piperazine rings is 1. The molecule has 47 heavy (non-hydrogen) atoms. The number of allylic oxidation sites excluding steroid dienone is 3. The summed E-state index contributed by atoms with van der Waals surface area (Å²) in [5, 5.41) is 22.2. The molecular formula is C38H57N3O6. The third kappa shape index (κ3) is 10.7. The molecule has 0 aromatic carbocycles. The highest BCUT2D eigenvalue weighted by Gasteiger charge is 2.38. The van der Waals surface area contributed by atoms with Gasteiger partial charge in [0.25, 0.3) is 0 Å². The van der Waals surface area contributed by atoms with E-state index in [0.717, 1.165) is 17.8 Å². The Hall–Kier alpha value is -3.01. The Kier molecular flexibility index (Phi) is 13.6. The number of amides is 1. The Morgan fingerprint density at radius 2 is 1.87 bits per heavy atom. The number of hydrogen-bond acceptors (Lipinski definition) is 8. The van der Waals surface area contributed by atoms with E-state index in [1.54, 1.807) is 24.1 Å². The summed E-state index contributed by atoms with van der Waals surface area (Å²) in [5.41, 5.74) is 0.336. The predicted octanol–water partition coefficient (Wildman–Crippen LogP) is 6.32. The highest BCUT2D eigenvalue weighted by atomic mass is 16.6. The summed E-state index contributed by atoms with van der Waals surface area (Å²) in [6.07, 6.45) is 16.0. The average Bonchev–Trinajstić information content (AvgIpc) is 3.33. The molecule has 3 heterocycles. The molecular weight excluding hydrogens is 594 g/mol. The third-order valence-corrected chi connectivity index (χ3v) is 10.1. The van der Waals surface area contributed by atoms with E-state index in [0.29, 0.717) is 19.1 Å². The Morgan fingerprint density at radius 1 is 1.13 bits per heavy atom. The fraction of sp³-hybridized carbons (Fsp3) is 0.658. The molecule has 1 unspecified atom stereocenters. The molecule has 0 spiro atoms. The molecule has 9 heteroatoms. The standard InChI is InChI=1S/C38H57N3O6/c1-27(33-17-10-11-22-39-33)13-12-14-28(2)36-29(3)18-19-34(38(5,45)21-20-32(42)25-35(43)47-36)46-37(44)40-23-24-41(30(4)26-40)31-15-8-6-7-9-16-31/h10-14,17-19,22,27,29-32,34,36,42,45H,6-9,15-16,20-21,23-26H2,1-5H3/b13-12+,19-18+,28-14+/t27-,29+,30?,32-,34+,36-,38-/m1/s1. The maximum absolute atomic E-state index is 13.5. The van der Waals surface area contributed by atoms with Crippen LogP contribution in [0.4, 0.5) is 4.79 Å². The number of rotatable bonds is 6. The number of pyridine rings is 1. The maximum Gasteiger partial charge on any atom is 0.410 e. The average molecular weight is 652 g/mol. The minimum atomic E-state index is -1.45. The summed E-state index contributed by atoms with van der Waals surface area (Å²) < 4.78 is 11.9. The number of hydrogen-bond donors (Lipinski definition) is 2. The van der Waals surface area contributed by atoms with Crippen LogP contribution in [0.1, 0.15) is 104 Å². The molecule has 2 fully saturated rings. The number of esters is 1. The number of aliphatic hydroxyl groups is 2. The lowest BCUT2D eigenvalue weighted by atomic mass is 9.88. The second-order valence-electron chi connectivity index (χ2n) is 14.2. The summed E-state index contributed by atoms with van der Waals surface area (Å²) in [7, 11) is 0. The molecule has 260 valence electrons. The summed E-state index contributed by atoms with van der Waals surface area (Å²) in [6.45, 7) is 11.7. The minimum absolute atomic E-state index is 0.104. The van der Waals surface area contributed by atoms with Crippen molar-refractivity contribution < 1.29 is 29.3 Å². The normalized spacial score (nSPS) is 32.5. The van der Waals surface area contributed by atoms with Gasteiger partial charge in [0.2, 0.25) is 0 Å². The zero-order valence-electron chi connectivity index (χ0n) is 29.1. The van der Waals surface area contributed by atoms with Gasteiger partial charge in [0.05, 0.1) is 12.5 Å². The zero-order chi connectivity index (χ0) is 34.0. The fourth-order valence-electron chi connectivity index (χ4n) is 7.12. The lowest BCUT2D eigenvalue weighted by molar-refractivity contribution is -0.151. The molecule has 2 aliphatic heterocycles. The first-order valence-electron chi connectivity index (χ1n) is 17.7. The van der Waals surface area contributed by atoms with Crippen LogP contribution in [0.15, 0.2) is 60.3 Å². The van der Waals surface area contributed by atoms with Gasteiger partial charge in [-0.3, -0.25) is 14.7 Å². The van der Waals surface area contributed by atoms with Crippen LogP contribution in [0.25, 0.3) is 0 Å². The summed E-state index contributed by atoms with van der Waals surface area (Å²) in [4.78, 5) is 35.1. The smallest absolute Gasteiger partial charge is 0.410 e. The van der Waals surface area contributed by atoms with Crippen LogP contribution in [0.5, 0.6) is 0 Å². The molecule has 2 N–H and O–H groups in total. The second kappa shape index (κ2) is 17.4. The van der Waals surface area contributed by atoms with E-state index >= 15 is 0 Å². The molecule has 0 bridgehead atoms. The van der Waals surface area contributed by atoms with E-state index in [1.165, 1.54) is 38.5 Å². The molecule has 9 nitrogen and oxygen atoms in total. The topological polar surface area (TPSA) is 112 Å². The van der Waals surface area contributed by atoms with Crippen molar-refractivity contribution in [1.82, 2.24) is 14.8 Å². The van der Waals surface area contributed by atoms with Gasteiger partial charge < -0.3 is 24.6 Å². The Morgan fingerprint density at radius 3 is 2.55 bits per heavy atom. The van der Waals surface area contributed by atoms with Crippen molar-refractivity contribution in [3.05, 3.63) is 66.0 Å². The van der Waals surface area contributed by atoms with E-state index in [-0.39, 0.29) is 37.1 Å². The zero-order valence-corrected chi connectivity index (χ0v) is 29.1. The quantitative estimate of drug-likeness (QED) is 0.159. The number of cyclic esters (lactones) is 1. The predicted molar refractivity (Wildman–Crippen MR) is 184 cm³/mol. The molecule has 7 atom stereocenters. The minimum Gasteiger partial charge on any atom is -0.457 e. The molecule has 1 saturated carbocycles. The van der Waals surface area contributed by atoms with Gasteiger partial charge in [0, 0.05) is 55.4 Å². The second-order valence-corrected chi connectivity index (χ2v) is 14.2. The monoisotopic (exact) mass is 651 g/mol. The first-order valence-corrected chi connectivity index (χ1v) is 17.7. The molecule has 4 rings (SSSR count). The third-order valence-electron chi connectivity index (χ3n) is 10.1. The molecule has 1 amide bonds. The van der Waals surface area contributed by atoms with Gasteiger partial charge >= 0.3 is 12.1 Å². The van der Waals surface area contributed by atoms with E-state index in [1.807, 2.05) is 56.4 Å². The van der Waals surface area contributed by atoms with Crippen LogP contribution < -0.4 is 0 Å². The van der Waals surface area contributed by atoms with Crippen molar-refractivity contribution in [2.24, 2.45) is 5.92 Å². The van der Waals surface area contributed by atoms with E-state index in [9.17, 15) is 19.8 Å². The lowest BCUT2D eigenvalue weighted by Crippen LogP contribution is -2.57. The molecule has 3 aliphatic rings. The first kappa shape index (κ1) is 36.8. The summed E-state index contributed by atoms with van der Waals surface area (Å²) in [6, 6.07) is 6.64. The summed E-state index contributed by atoms with van der Waals surface area (Å²) >= 11 is 0. The van der Waals surface area contributed by atoms with Gasteiger partial charge in [-0.2, -0.15) is 0 Å². The molecule has 1 saturated heterocycles. The lowest BCUT2D eigenvalue weighted by Gasteiger charge is -2.44. The Balaban J connectivity index is 1.47. The fourth-order valence-corrected chi connectivity index (χ4v) is 7.12. The number of aliphatic hydroxyl groups excluding tert-OH is 1. The number of aromatic nitrogens is 1. The van der Waals surface area contributed by atoms with Crippen molar-refractivity contribution >= 4 is 12.1 Å².